The van der Waals surface area contributed by atoms with Crippen LogP contribution in [0.25, 0.3) is 10.2 Å². The van der Waals surface area contributed by atoms with Crippen LogP contribution in [-0.2, 0) is 10.0 Å². The molecule has 12 heteroatoms. The molecule has 1 aliphatic rings. The van der Waals surface area contributed by atoms with Crippen LogP contribution in [0.1, 0.15) is 20.9 Å². The minimum atomic E-state index is -3.50. The summed E-state index contributed by atoms with van der Waals surface area (Å²) in [6.45, 7) is 4.23. The zero-order valence-electron chi connectivity index (χ0n) is 14.9. The van der Waals surface area contributed by atoms with Gasteiger partial charge >= 0.3 is 0 Å². The Balaban J connectivity index is 1.47. The maximum atomic E-state index is 12.7. The van der Waals surface area contributed by atoms with Crippen LogP contribution < -0.4 is 11.1 Å². The van der Waals surface area contributed by atoms with Gasteiger partial charge in [0.1, 0.15) is 13.9 Å². The Kier molecular flexibility index (Phi) is 5.10. The van der Waals surface area contributed by atoms with Crippen LogP contribution in [0.3, 0.4) is 0 Å². The molecular formula is C16H16IN5O3S3. The van der Waals surface area contributed by atoms with Gasteiger partial charge in [-0.3, -0.25) is 4.79 Å². The Morgan fingerprint density at radius 2 is 2.00 bits per heavy atom. The molecule has 3 aromatic rings. The maximum Gasteiger partial charge on any atom is 0.263 e. The molecule has 148 valence electrons. The van der Waals surface area contributed by atoms with Gasteiger partial charge in [0.25, 0.3) is 15.9 Å². The number of sulfonamides is 1. The number of hydrogen-bond acceptors (Lipinski definition) is 8. The van der Waals surface area contributed by atoms with Gasteiger partial charge in [0.05, 0.1) is 20.3 Å². The summed E-state index contributed by atoms with van der Waals surface area (Å²) in [5.74, 6) is -0.315. The van der Waals surface area contributed by atoms with Crippen LogP contribution in [-0.4, -0.2) is 48.0 Å². The number of carbonyl (C=O) groups excluding carboxylic acids is 1. The molecule has 0 unspecified atom stereocenters. The number of nitrogens with two attached hydrogens (primary N) is 1. The van der Waals surface area contributed by atoms with Gasteiger partial charge in [0, 0.05) is 18.5 Å². The second-order valence-electron chi connectivity index (χ2n) is 6.49. The summed E-state index contributed by atoms with van der Waals surface area (Å²) in [4.78, 5) is 13.7. The normalized spacial score (nSPS) is 15.7. The summed E-state index contributed by atoms with van der Waals surface area (Å²) in [6.07, 6.45) is 0. The van der Waals surface area contributed by atoms with E-state index in [0.29, 0.717) is 19.6 Å². The van der Waals surface area contributed by atoms with E-state index < -0.39 is 10.0 Å². The first kappa shape index (κ1) is 19.9. The number of hydrogen-bond donors (Lipinski definition) is 2. The highest BCUT2D eigenvalue weighted by atomic mass is 127. The maximum absolute atomic E-state index is 12.7. The van der Waals surface area contributed by atoms with Crippen molar-refractivity contribution < 1.29 is 13.2 Å². The van der Waals surface area contributed by atoms with Crippen molar-refractivity contribution in [1.29, 1.82) is 0 Å². The van der Waals surface area contributed by atoms with Crippen LogP contribution in [0.2, 0.25) is 0 Å². The number of rotatable bonds is 4. The zero-order valence-corrected chi connectivity index (χ0v) is 19.5. The molecule has 1 aliphatic heterocycles. The number of aromatic nitrogens is 2. The molecule has 0 atom stereocenters. The molecule has 3 N–H and O–H groups in total. The van der Waals surface area contributed by atoms with Gasteiger partial charge in [-0.15, -0.1) is 27.8 Å². The lowest BCUT2D eigenvalue weighted by molar-refractivity contribution is 0.0900. The van der Waals surface area contributed by atoms with E-state index >= 15 is 0 Å². The Labute approximate surface area is 183 Å². The standard InChI is InChI=1S/C16H16IN5O3S3/c1-7-8(2)20-21-16-12(7)13(18)14(27-16)15(23)19-9-5-22(6-9)28(24,25)11-4-3-10(17)26-11/h3-4,9H,5-6,18H2,1-2H3,(H,19,23). The van der Waals surface area contributed by atoms with Gasteiger partial charge in [-0.05, 0) is 54.1 Å². The molecule has 1 fully saturated rings. The van der Waals surface area contributed by atoms with Crippen molar-refractivity contribution in [2.45, 2.75) is 24.1 Å². The van der Waals surface area contributed by atoms with Crippen molar-refractivity contribution >= 4 is 77.1 Å². The SMILES string of the molecule is Cc1nnc2sc(C(=O)NC3CN(S(=O)(=O)c4ccc(I)s4)C3)c(N)c2c1C. The van der Waals surface area contributed by atoms with Crippen molar-refractivity contribution in [2.75, 3.05) is 18.8 Å². The first-order valence-corrected chi connectivity index (χ1v) is 12.4. The molecule has 3 aromatic heterocycles. The number of thiophene rings is 2. The topological polar surface area (TPSA) is 118 Å². The van der Waals surface area contributed by atoms with Crippen molar-refractivity contribution in [3.8, 4) is 0 Å². The third-order valence-corrected chi connectivity index (χ3v) is 9.95. The largest absolute Gasteiger partial charge is 0.397 e. The van der Waals surface area contributed by atoms with Crippen LogP contribution >= 0.6 is 45.3 Å². The second-order valence-corrected chi connectivity index (χ2v) is 12.6. The fraction of sp³-hybridized carbons (Fsp3) is 0.312. The summed E-state index contributed by atoms with van der Waals surface area (Å²) >= 11 is 4.52. The zero-order chi connectivity index (χ0) is 20.2. The number of fused-ring (bicyclic) bond motifs is 1. The van der Waals surface area contributed by atoms with Crippen molar-refractivity contribution in [1.82, 2.24) is 19.8 Å². The van der Waals surface area contributed by atoms with E-state index in [4.69, 9.17) is 5.73 Å². The lowest BCUT2D eigenvalue weighted by Gasteiger charge is -2.37. The Hall–Kier alpha value is -1.35. The van der Waals surface area contributed by atoms with E-state index in [0.717, 1.165) is 19.5 Å². The predicted octanol–water partition coefficient (Wildman–Crippen LogP) is 2.36. The lowest BCUT2D eigenvalue weighted by atomic mass is 10.1. The molecule has 4 heterocycles. The monoisotopic (exact) mass is 549 g/mol. The van der Waals surface area contributed by atoms with E-state index in [1.54, 1.807) is 12.1 Å². The first-order chi connectivity index (χ1) is 13.2. The number of nitrogens with zero attached hydrogens (tertiary/aromatic N) is 3. The fourth-order valence-electron chi connectivity index (χ4n) is 2.95. The number of amides is 1. The first-order valence-electron chi connectivity index (χ1n) is 8.26. The number of carbonyl (C=O) groups is 1. The van der Waals surface area contributed by atoms with E-state index in [1.807, 2.05) is 13.8 Å². The van der Waals surface area contributed by atoms with Gasteiger partial charge in [0.2, 0.25) is 0 Å². The Morgan fingerprint density at radius 3 is 2.64 bits per heavy atom. The number of nitrogen functional groups attached to an aromatic ring is 1. The Morgan fingerprint density at radius 1 is 1.29 bits per heavy atom. The third kappa shape index (κ3) is 3.30. The average Bonchev–Trinajstić information content (AvgIpc) is 3.18. The minimum Gasteiger partial charge on any atom is -0.397 e. The second kappa shape index (κ2) is 7.16. The molecule has 0 aliphatic carbocycles. The molecule has 4 rings (SSSR count). The van der Waals surface area contributed by atoms with Crippen LogP contribution in [0.15, 0.2) is 16.3 Å². The van der Waals surface area contributed by atoms with Gasteiger partial charge < -0.3 is 11.1 Å². The molecule has 1 amide bonds. The van der Waals surface area contributed by atoms with Crippen LogP contribution in [0.5, 0.6) is 0 Å². The molecule has 1 saturated heterocycles. The summed E-state index contributed by atoms with van der Waals surface area (Å²) in [5, 5.41) is 11.8. The molecule has 28 heavy (non-hydrogen) atoms. The molecule has 0 saturated carbocycles. The van der Waals surface area contributed by atoms with Gasteiger partial charge in [0.15, 0.2) is 0 Å². The summed E-state index contributed by atoms with van der Waals surface area (Å²) in [7, 11) is -3.50. The highest BCUT2D eigenvalue weighted by molar-refractivity contribution is 14.1. The lowest BCUT2D eigenvalue weighted by Crippen LogP contribution is -2.60. The van der Waals surface area contributed by atoms with Crippen molar-refractivity contribution in [3.63, 3.8) is 0 Å². The number of anilines is 1. The molecular weight excluding hydrogens is 533 g/mol. The number of halogens is 1. The Bertz CT molecular complexity index is 1200. The fourth-order valence-corrected chi connectivity index (χ4v) is 8.01. The molecule has 0 aromatic carbocycles. The predicted molar refractivity (Wildman–Crippen MR) is 118 cm³/mol. The third-order valence-electron chi connectivity index (χ3n) is 4.67. The van der Waals surface area contributed by atoms with Gasteiger partial charge in [-0.25, -0.2) is 8.42 Å². The van der Waals surface area contributed by atoms with Gasteiger partial charge in [-0.1, -0.05) is 0 Å². The van der Waals surface area contributed by atoms with Crippen molar-refractivity contribution in [3.05, 3.63) is 31.2 Å². The quantitative estimate of drug-likeness (QED) is 0.483. The van der Waals surface area contributed by atoms with Crippen LogP contribution in [0.4, 0.5) is 5.69 Å². The van der Waals surface area contributed by atoms with E-state index in [-0.39, 0.29) is 25.0 Å². The summed E-state index contributed by atoms with van der Waals surface area (Å²) in [5.41, 5.74) is 8.27. The van der Waals surface area contributed by atoms with E-state index in [1.165, 1.54) is 27.0 Å². The van der Waals surface area contributed by atoms with Gasteiger partial charge in [-0.2, -0.15) is 9.40 Å². The summed E-state index contributed by atoms with van der Waals surface area (Å²) in [6, 6.07) is 3.13. The molecule has 0 radical (unpaired) electrons. The van der Waals surface area contributed by atoms with E-state index in [9.17, 15) is 13.2 Å². The number of nitrogens with one attached hydrogen (secondary N) is 1. The smallest absolute Gasteiger partial charge is 0.263 e. The van der Waals surface area contributed by atoms with Crippen molar-refractivity contribution in [2.24, 2.45) is 0 Å². The highest BCUT2D eigenvalue weighted by Gasteiger charge is 2.38. The van der Waals surface area contributed by atoms with E-state index in [2.05, 4.69) is 38.1 Å². The number of aryl methyl sites for hydroxylation is 2. The molecule has 0 spiro atoms. The van der Waals surface area contributed by atoms with Crippen LogP contribution in [0, 0.1) is 16.7 Å². The minimum absolute atomic E-state index is 0.241. The average molecular weight is 549 g/mol. The molecule has 0 bridgehead atoms. The highest BCUT2D eigenvalue weighted by Crippen LogP contribution is 2.35. The molecule has 8 nitrogen and oxygen atoms in total. The summed E-state index contributed by atoms with van der Waals surface area (Å²) < 4.78 is 27.7.